The fourth-order valence-electron chi connectivity index (χ4n) is 2.26. The molecule has 2 heterocycles. The largest absolute Gasteiger partial charge is 0.466 e. The summed E-state index contributed by atoms with van der Waals surface area (Å²) in [6, 6.07) is 0. The van der Waals surface area contributed by atoms with Gasteiger partial charge in [0, 0.05) is 31.0 Å². The van der Waals surface area contributed by atoms with Crippen molar-refractivity contribution in [2.45, 2.75) is 39.5 Å². The van der Waals surface area contributed by atoms with Crippen LogP contribution in [-0.2, 0) is 16.0 Å². The van der Waals surface area contributed by atoms with E-state index in [-0.39, 0.29) is 11.9 Å². The first-order valence-corrected chi connectivity index (χ1v) is 7.76. The number of rotatable bonds is 5. The SMILES string of the molecule is CCCc1nsc(N2CCC(C(=O)OCC)CC2)n1. The number of carbonyl (C=O) groups excluding carboxylic acids is 1. The number of piperidine rings is 1. The summed E-state index contributed by atoms with van der Waals surface area (Å²) in [4.78, 5) is 18.4. The molecule has 1 saturated heterocycles. The van der Waals surface area contributed by atoms with E-state index in [4.69, 9.17) is 4.74 Å². The Bertz CT molecular complexity index is 414. The lowest BCUT2D eigenvalue weighted by Crippen LogP contribution is -2.36. The molecule has 1 aromatic heterocycles. The predicted octanol–water partition coefficient (Wildman–Crippen LogP) is 2.27. The summed E-state index contributed by atoms with van der Waals surface area (Å²) in [5, 5.41) is 0.991. The molecule has 1 fully saturated rings. The molecular formula is C13H21N3O2S. The second-order valence-electron chi connectivity index (χ2n) is 4.76. The van der Waals surface area contributed by atoms with Gasteiger partial charge in [0.25, 0.3) is 0 Å². The quantitative estimate of drug-likeness (QED) is 0.776. The minimum absolute atomic E-state index is 0.0499. The van der Waals surface area contributed by atoms with Crippen LogP contribution in [0.1, 0.15) is 38.9 Å². The normalized spacial score (nSPS) is 16.6. The predicted molar refractivity (Wildman–Crippen MR) is 75.5 cm³/mol. The zero-order valence-corrected chi connectivity index (χ0v) is 12.4. The van der Waals surface area contributed by atoms with Crippen molar-refractivity contribution < 1.29 is 9.53 Å². The van der Waals surface area contributed by atoms with Crippen LogP contribution in [0.4, 0.5) is 5.13 Å². The molecule has 0 bridgehead atoms. The summed E-state index contributed by atoms with van der Waals surface area (Å²) in [7, 11) is 0. The van der Waals surface area contributed by atoms with Crippen LogP contribution in [0, 0.1) is 5.92 Å². The van der Waals surface area contributed by atoms with Crippen LogP contribution in [0.2, 0.25) is 0 Å². The molecule has 1 aliphatic heterocycles. The molecule has 19 heavy (non-hydrogen) atoms. The van der Waals surface area contributed by atoms with Gasteiger partial charge in [-0.15, -0.1) is 0 Å². The van der Waals surface area contributed by atoms with Gasteiger partial charge in [0.05, 0.1) is 12.5 Å². The number of hydrogen-bond acceptors (Lipinski definition) is 6. The Morgan fingerprint density at radius 2 is 2.16 bits per heavy atom. The molecule has 1 aromatic rings. The molecule has 0 saturated carbocycles. The average molecular weight is 283 g/mol. The van der Waals surface area contributed by atoms with E-state index in [1.54, 1.807) is 0 Å². The van der Waals surface area contributed by atoms with E-state index >= 15 is 0 Å². The second-order valence-corrected chi connectivity index (χ2v) is 5.49. The van der Waals surface area contributed by atoms with Gasteiger partial charge >= 0.3 is 5.97 Å². The molecule has 0 radical (unpaired) electrons. The molecule has 0 amide bonds. The maximum Gasteiger partial charge on any atom is 0.309 e. The summed E-state index contributed by atoms with van der Waals surface area (Å²) < 4.78 is 9.44. The third-order valence-electron chi connectivity index (χ3n) is 3.32. The van der Waals surface area contributed by atoms with E-state index in [0.717, 1.165) is 49.7 Å². The number of aryl methyl sites for hydroxylation is 1. The van der Waals surface area contributed by atoms with Crippen LogP contribution < -0.4 is 4.90 Å². The van der Waals surface area contributed by atoms with E-state index in [1.165, 1.54) is 11.5 Å². The Kier molecular flexibility index (Phi) is 5.13. The van der Waals surface area contributed by atoms with Crippen molar-refractivity contribution in [1.29, 1.82) is 0 Å². The Labute approximate surface area is 118 Å². The average Bonchev–Trinajstić information content (AvgIpc) is 2.88. The van der Waals surface area contributed by atoms with Crippen LogP contribution in [-0.4, -0.2) is 35.0 Å². The molecule has 0 unspecified atom stereocenters. The van der Waals surface area contributed by atoms with Crippen molar-refractivity contribution in [2.24, 2.45) is 5.92 Å². The van der Waals surface area contributed by atoms with Gasteiger partial charge in [0.1, 0.15) is 5.82 Å². The summed E-state index contributed by atoms with van der Waals surface area (Å²) in [5.41, 5.74) is 0. The number of aromatic nitrogens is 2. The maximum atomic E-state index is 11.7. The molecule has 106 valence electrons. The Morgan fingerprint density at radius 3 is 2.79 bits per heavy atom. The Morgan fingerprint density at radius 1 is 1.42 bits per heavy atom. The minimum atomic E-state index is -0.0499. The number of carbonyl (C=O) groups is 1. The summed E-state index contributed by atoms with van der Waals surface area (Å²) >= 11 is 1.46. The lowest BCUT2D eigenvalue weighted by atomic mass is 9.97. The first-order valence-electron chi connectivity index (χ1n) is 6.98. The monoisotopic (exact) mass is 283 g/mol. The van der Waals surface area contributed by atoms with Gasteiger partial charge in [0.15, 0.2) is 0 Å². The first kappa shape index (κ1) is 14.2. The molecule has 2 rings (SSSR count). The van der Waals surface area contributed by atoms with Crippen molar-refractivity contribution in [3.63, 3.8) is 0 Å². The molecule has 0 aliphatic carbocycles. The molecule has 6 heteroatoms. The minimum Gasteiger partial charge on any atom is -0.466 e. The Hall–Kier alpha value is -1.17. The third kappa shape index (κ3) is 3.65. The van der Waals surface area contributed by atoms with E-state index in [1.807, 2.05) is 6.92 Å². The number of hydrogen-bond donors (Lipinski definition) is 0. The molecule has 0 atom stereocenters. The standard InChI is InChI=1S/C13H21N3O2S/c1-3-5-11-14-13(19-15-11)16-8-6-10(7-9-16)12(17)18-4-2/h10H,3-9H2,1-2H3. The lowest BCUT2D eigenvalue weighted by molar-refractivity contribution is -0.148. The second kappa shape index (κ2) is 6.84. The summed E-state index contributed by atoms with van der Waals surface area (Å²) in [5.74, 6) is 0.945. The van der Waals surface area contributed by atoms with Gasteiger partial charge in [-0.05, 0) is 26.2 Å². The van der Waals surface area contributed by atoms with Gasteiger partial charge in [0.2, 0.25) is 5.13 Å². The van der Waals surface area contributed by atoms with Gasteiger partial charge in [-0.3, -0.25) is 4.79 Å². The van der Waals surface area contributed by atoms with Gasteiger partial charge < -0.3 is 9.64 Å². The van der Waals surface area contributed by atoms with Crippen molar-refractivity contribution in [3.05, 3.63) is 5.82 Å². The van der Waals surface area contributed by atoms with Gasteiger partial charge in [-0.2, -0.15) is 4.37 Å². The van der Waals surface area contributed by atoms with Gasteiger partial charge in [-0.25, -0.2) is 4.98 Å². The van der Waals surface area contributed by atoms with Crippen LogP contribution in [0.5, 0.6) is 0 Å². The Balaban J connectivity index is 1.86. The highest BCUT2D eigenvalue weighted by Gasteiger charge is 2.27. The molecule has 0 N–H and O–H groups in total. The first-order chi connectivity index (χ1) is 9.24. The van der Waals surface area contributed by atoms with Crippen LogP contribution in [0.25, 0.3) is 0 Å². The zero-order chi connectivity index (χ0) is 13.7. The number of esters is 1. The number of nitrogens with zero attached hydrogens (tertiary/aromatic N) is 3. The maximum absolute atomic E-state index is 11.7. The molecule has 0 aromatic carbocycles. The van der Waals surface area contributed by atoms with Crippen molar-refractivity contribution in [1.82, 2.24) is 9.36 Å². The molecule has 1 aliphatic rings. The number of anilines is 1. The fraction of sp³-hybridized carbons (Fsp3) is 0.769. The summed E-state index contributed by atoms with van der Waals surface area (Å²) in [6.07, 6.45) is 3.71. The van der Waals surface area contributed by atoms with E-state index in [2.05, 4.69) is 21.2 Å². The van der Waals surface area contributed by atoms with Crippen LogP contribution >= 0.6 is 11.5 Å². The highest BCUT2D eigenvalue weighted by molar-refractivity contribution is 7.09. The van der Waals surface area contributed by atoms with Crippen molar-refractivity contribution >= 4 is 22.6 Å². The molecule has 5 nitrogen and oxygen atoms in total. The summed E-state index contributed by atoms with van der Waals surface area (Å²) in [6.45, 7) is 6.18. The van der Waals surface area contributed by atoms with E-state index < -0.39 is 0 Å². The van der Waals surface area contributed by atoms with Gasteiger partial charge in [-0.1, -0.05) is 6.92 Å². The van der Waals surface area contributed by atoms with E-state index in [9.17, 15) is 4.79 Å². The number of ether oxygens (including phenoxy) is 1. The topological polar surface area (TPSA) is 55.3 Å². The lowest BCUT2D eigenvalue weighted by Gasteiger charge is -2.30. The third-order valence-corrected chi connectivity index (χ3v) is 4.13. The smallest absolute Gasteiger partial charge is 0.309 e. The highest BCUT2D eigenvalue weighted by atomic mass is 32.1. The van der Waals surface area contributed by atoms with Crippen LogP contribution in [0.15, 0.2) is 0 Å². The van der Waals surface area contributed by atoms with E-state index in [0.29, 0.717) is 6.61 Å². The highest BCUT2D eigenvalue weighted by Crippen LogP contribution is 2.25. The van der Waals surface area contributed by atoms with Crippen LogP contribution in [0.3, 0.4) is 0 Å². The molecule has 0 spiro atoms. The van der Waals surface area contributed by atoms with Crippen molar-refractivity contribution in [3.8, 4) is 0 Å². The zero-order valence-electron chi connectivity index (χ0n) is 11.6. The molecular weight excluding hydrogens is 262 g/mol. The van der Waals surface area contributed by atoms with Crippen molar-refractivity contribution in [2.75, 3.05) is 24.6 Å². The fourth-order valence-corrected chi connectivity index (χ4v) is 3.03.